The molecule has 0 heterocycles. The number of unbranched alkanes of at least 4 members (excludes halogenated alkanes) is 42. The first-order valence-corrected chi connectivity index (χ1v) is 34.3. The zero-order chi connectivity index (χ0) is 56.4. The fraction of sp³-hybridized carbons (Fsp3) is 0.819. The predicted octanol–water partition coefficient (Wildman–Crippen LogP) is 23.5. The van der Waals surface area contributed by atoms with Crippen LogP contribution in [-0.2, 0) is 28.6 Å². The van der Waals surface area contributed by atoms with E-state index in [2.05, 4.69) is 81.5 Å². The average Bonchev–Trinajstić information content (AvgIpc) is 3.44. The molecule has 78 heavy (non-hydrogen) atoms. The molecular weight excluding hydrogens is 961 g/mol. The Morgan fingerprint density at radius 3 is 0.731 bits per heavy atom. The van der Waals surface area contributed by atoms with Crippen molar-refractivity contribution in [2.75, 3.05) is 13.2 Å². The monoisotopic (exact) mass is 1090 g/mol. The van der Waals surface area contributed by atoms with Crippen molar-refractivity contribution < 1.29 is 28.6 Å². The van der Waals surface area contributed by atoms with Crippen molar-refractivity contribution in [3.8, 4) is 0 Å². The van der Waals surface area contributed by atoms with Crippen LogP contribution in [0.3, 0.4) is 0 Å². The van der Waals surface area contributed by atoms with E-state index in [9.17, 15) is 14.4 Å². The van der Waals surface area contributed by atoms with Gasteiger partial charge in [-0.2, -0.15) is 0 Å². The van der Waals surface area contributed by atoms with Crippen molar-refractivity contribution in [1.82, 2.24) is 0 Å². The van der Waals surface area contributed by atoms with Gasteiger partial charge in [0, 0.05) is 19.3 Å². The lowest BCUT2D eigenvalue weighted by Gasteiger charge is -2.18. The Labute approximate surface area is 485 Å². The van der Waals surface area contributed by atoms with Gasteiger partial charge >= 0.3 is 17.9 Å². The van der Waals surface area contributed by atoms with E-state index in [0.29, 0.717) is 19.3 Å². The molecule has 0 aromatic carbocycles. The van der Waals surface area contributed by atoms with Crippen molar-refractivity contribution in [2.24, 2.45) is 0 Å². The minimum atomic E-state index is -0.778. The summed E-state index contributed by atoms with van der Waals surface area (Å²) in [5.74, 6) is -0.862. The highest BCUT2D eigenvalue weighted by molar-refractivity contribution is 5.71. The Morgan fingerprint density at radius 2 is 0.462 bits per heavy atom. The lowest BCUT2D eigenvalue weighted by molar-refractivity contribution is -0.167. The number of hydrogen-bond donors (Lipinski definition) is 0. The van der Waals surface area contributed by atoms with Gasteiger partial charge in [-0.05, 0) is 89.9 Å². The Kier molecular flexibility index (Phi) is 64.2. The average molecular weight is 1090 g/mol. The first-order valence-electron chi connectivity index (χ1n) is 34.3. The molecule has 1 atom stereocenters. The molecule has 0 saturated heterocycles. The van der Waals surface area contributed by atoms with Gasteiger partial charge in [-0.25, -0.2) is 0 Å². The van der Waals surface area contributed by atoms with Crippen LogP contribution in [0.1, 0.15) is 361 Å². The van der Waals surface area contributed by atoms with Crippen LogP contribution in [0, 0.1) is 0 Å². The highest BCUT2D eigenvalue weighted by Gasteiger charge is 2.19. The molecule has 454 valence electrons. The zero-order valence-corrected chi connectivity index (χ0v) is 52.2. The summed E-state index contributed by atoms with van der Waals surface area (Å²) in [6, 6.07) is 0. The Balaban J connectivity index is 4.29. The molecule has 0 bridgehead atoms. The third kappa shape index (κ3) is 63.9. The molecule has 0 saturated carbocycles. The molecular formula is C72H130O6. The summed E-state index contributed by atoms with van der Waals surface area (Å²) in [7, 11) is 0. The zero-order valence-electron chi connectivity index (χ0n) is 52.2. The van der Waals surface area contributed by atoms with Crippen LogP contribution in [0.15, 0.2) is 60.8 Å². The number of carbonyl (C=O) groups excluding carboxylic acids is 3. The minimum Gasteiger partial charge on any atom is -0.462 e. The van der Waals surface area contributed by atoms with Gasteiger partial charge in [0.1, 0.15) is 13.2 Å². The van der Waals surface area contributed by atoms with Gasteiger partial charge in [0.15, 0.2) is 6.10 Å². The topological polar surface area (TPSA) is 78.9 Å². The summed E-state index contributed by atoms with van der Waals surface area (Å²) in [6.07, 6.45) is 85.2. The maximum absolute atomic E-state index is 12.9. The largest absolute Gasteiger partial charge is 0.462 e. The van der Waals surface area contributed by atoms with Gasteiger partial charge in [0.05, 0.1) is 0 Å². The number of allylic oxidation sites excluding steroid dienone is 10. The highest BCUT2D eigenvalue weighted by atomic mass is 16.6. The van der Waals surface area contributed by atoms with Crippen LogP contribution < -0.4 is 0 Å². The normalized spacial score (nSPS) is 12.4. The second kappa shape index (κ2) is 66.6. The lowest BCUT2D eigenvalue weighted by Crippen LogP contribution is -2.30. The highest BCUT2D eigenvalue weighted by Crippen LogP contribution is 2.17. The molecule has 0 spiro atoms. The lowest BCUT2D eigenvalue weighted by atomic mass is 10.0. The van der Waals surface area contributed by atoms with Gasteiger partial charge in [0.25, 0.3) is 0 Å². The third-order valence-corrected chi connectivity index (χ3v) is 15.2. The molecule has 0 aliphatic heterocycles. The predicted molar refractivity (Wildman–Crippen MR) is 339 cm³/mol. The molecule has 0 N–H and O–H groups in total. The number of ether oxygens (including phenoxy) is 3. The van der Waals surface area contributed by atoms with Crippen LogP contribution in [-0.4, -0.2) is 37.2 Å². The smallest absolute Gasteiger partial charge is 0.306 e. The van der Waals surface area contributed by atoms with Gasteiger partial charge < -0.3 is 14.2 Å². The van der Waals surface area contributed by atoms with E-state index < -0.39 is 6.10 Å². The van der Waals surface area contributed by atoms with Crippen molar-refractivity contribution in [3.63, 3.8) is 0 Å². The van der Waals surface area contributed by atoms with Crippen molar-refractivity contribution in [2.45, 2.75) is 367 Å². The molecule has 0 amide bonds. The fourth-order valence-corrected chi connectivity index (χ4v) is 10.1. The summed E-state index contributed by atoms with van der Waals surface area (Å²) in [5.41, 5.74) is 0. The van der Waals surface area contributed by atoms with E-state index in [1.165, 1.54) is 238 Å². The van der Waals surface area contributed by atoms with Crippen LogP contribution >= 0.6 is 0 Å². The molecule has 0 aromatic heterocycles. The van der Waals surface area contributed by atoms with Crippen LogP contribution in [0.2, 0.25) is 0 Å². The number of esters is 3. The Hall–Kier alpha value is -2.89. The second-order valence-electron chi connectivity index (χ2n) is 23.1. The third-order valence-electron chi connectivity index (χ3n) is 15.2. The van der Waals surface area contributed by atoms with E-state index in [0.717, 1.165) is 83.5 Å². The summed E-state index contributed by atoms with van der Waals surface area (Å²) in [6.45, 7) is 6.66. The molecule has 0 radical (unpaired) electrons. The summed E-state index contributed by atoms with van der Waals surface area (Å²) in [4.78, 5) is 38.4. The molecule has 6 nitrogen and oxygen atoms in total. The van der Waals surface area contributed by atoms with E-state index >= 15 is 0 Å². The first kappa shape index (κ1) is 75.1. The van der Waals surface area contributed by atoms with Crippen LogP contribution in [0.4, 0.5) is 0 Å². The van der Waals surface area contributed by atoms with E-state index in [1.54, 1.807) is 0 Å². The van der Waals surface area contributed by atoms with E-state index in [-0.39, 0.29) is 31.1 Å². The standard InChI is InChI=1S/C72H130O6/c1-4-7-10-13-16-19-22-25-28-30-32-33-34-35-36-37-38-39-40-42-44-47-50-53-56-59-62-65-71(74)77-68-69(67-76-70(73)64-61-58-55-52-49-46-43-27-24-21-18-15-12-9-6-3)78-72(75)66-63-60-57-54-51-48-45-41-31-29-26-23-20-17-14-11-8-5-2/h20,22-23,25,29-32,34-35,69H,4-19,21,24,26-28,33,36-68H2,1-3H3/b23-20-,25-22-,31-29-,32-30-,35-34-. The van der Waals surface area contributed by atoms with Gasteiger partial charge in [0.2, 0.25) is 0 Å². The maximum Gasteiger partial charge on any atom is 0.306 e. The quantitative estimate of drug-likeness (QED) is 0.0261. The SMILES string of the molecule is CCCCCC/C=C\C/C=C\CCCCCCCCCC(=O)OC(COC(=O)CCCCCCCCCCCCCC/C=C\C/C=C\C/C=C\CCCCCCC)COC(=O)CCCCCCCCCCCCCCCCC. The van der Waals surface area contributed by atoms with E-state index in [4.69, 9.17) is 14.2 Å². The Morgan fingerprint density at radius 1 is 0.256 bits per heavy atom. The first-order chi connectivity index (χ1) is 38.5. The maximum atomic E-state index is 12.9. The van der Waals surface area contributed by atoms with Gasteiger partial charge in [-0.1, -0.05) is 313 Å². The molecule has 0 aromatic rings. The van der Waals surface area contributed by atoms with Crippen molar-refractivity contribution in [3.05, 3.63) is 60.8 Å². The van der Waals surface area contributed by atoms with Gasteiger partial charge in [-0.3, -0.25) is 14.4 Å². The summed E-state index contributed by atoms with van der Waals surface area (Å²) >= 11 is 0. The molecule has 1 unspecified atom stereocenters. The molecule has 0 aliphatic carbocycles. The summed E-state index contributed by atoms with van der Waals surface area (Å²) in [5, 5.41) is 0. The van der Waals surface area contributed by atoms with Crippen LogP contribution in [0.5, 0.6) is 0 Å². The second-order valence-corrected chi connectivity index (χ2v) is 23.1. The molecule has 0 aliphatic rings. The summed E-state index contributed by atoms with van der Waals surface area (Å²) < 4.78 is 17.0. The Bertz CT molecular complexity index is 1390. The molecule has 6 heteroatoms. The number of carbonyl (C=O) groups is 3. The molecule has 0 fully saturated rings. The van der Waals surface area contributed by atoms with E-state index in [1.807, 2.05) is 0 Å². The van der Waals surface area contributed by atoms with Crippen LogP contribution in [0.25, 0.3) is 0 Å². The minimum absolute atomic E-state index is 0.0739. The van der Waals surface area contributed by atoms with Crippen molar-refractivity contribution >= 4 is 17.9 Å². The number of rotatable bonds is 63. The fourth-order valence-electron chi connectivity index (χ4n) is 10.1. The van der Waals surface area contributed by atoms with Crippen molar-refractivity contribution in [1.29, 1.82) is 0 Å². The van der Waals surface area contributed by atoms with Gasteiger partial charge in [-0.15, -0.1) is 0 Å². The molecule has 0 rings (SSSR count). The number of hydrogen-bond acceptors (Lipinski definition) is 6.